The summed E-state index contributed by atoms with van der Waals surface area (Å²) in [5, 5.41) is 20.3. The van der Waals surface area contributed by atoms with Crippen molar-refractivity contribution in [1.82, 2.24) is 15.5 Å². The molecule has 0 saturated heterocycles. The summed E-state index contributed by atoms with van der Waals surface area (Å²) >= 11 is 0. The number of hydrogen-bond donors (Lipinski definition) is 2. The molecule has 8 nitrogen and oxygen atoms in total. The third kappa shape index (κ3) is 5.68. The van der Waals surface area contributed by atoms with E-state index in [-0.39, 0.29) is 18.4 Å². The Kier molecular flexibility index (Phi) is 6.10. The van der Waals surface area contributed by atoms with Gasteiger partial charge in [-0.15, -0.1) is 10.2 Å². The van der Waals surface area contributed by atoms with Gasteiger partial charge in [-0.3, -0.25) is 0 Å². The molecule has 0 aromatic carbocycles. The molecule has 0 saturated carbocycles. The maximum absolute atomic E-state index is 11.7. The van der Waals surface area contributed by atoms with Gasteiger partial charge in [0.25, 0.3) is 0 Å². The fraction of sp³-hybridized carbons (Fsp3) is 0.769. The summed E-state index contributed by atoms with van der Waals surface area (Å²) in [6.45, 7) is 7.27. The molecule has 2 atom stereocenters. The lowest BCUT2D eigenvalue weighted by atomic mass is 10.1. The number of ether oxygens (including phenoxy) is 2. The number of nitrogens with one attached hydrogen (secondary N) is 1. The molecule has 1 aromatic rings. The van der Waals surface area contributed by atoms with Crippen molar-refractivity contribution in [1.29, 1.82) is 0 Å². The van der Waals surface area contributed by atoms with Crippen molar-refractivity contribution in [3.05, 3.63) is 11.8 Å². The van der Waals surface area contributed by atoms with Gasteiger partial charge in [0.05, 0.1) is 6.04 Å². The average molecular weight is 301 g/mol. The second kappa shape index (κ2) is 7.37. The Hall–Kier alpha value is -1.67. The molecule has 1 unspecified atom stereocenters. The summed E-state index contributed by atoms with van der Waals surface area (Å²) in [6.07, 6.45) is -1.24. The number of aliphatic hydroxyl groups is 1. The number of aliphatic hydroxyl groups excluding tert-OH is 1. The van der Waals surface area contributed by atoms with Gasteiger partial charge in [-0.1, -0.05) is 6.92 Å². The van der Waals surface area contributed by atoms with E-state index in [1.165, 1.54) is 7.11 Å². The van der Waals surface area contributed by atoms with Crippen LogP contribution in [0.3, 0.4) is 0 Å². The van der Waals surface area contributed by atoms with Crippen LogP contribution in [-0.2, 0) is 16.1 Å². The van der Waals surface area contributed by atoms with Gasteiger partial charge in [-0.25, -0.2) is 4.79 Å². The fourth-order valence-corrected chi connectivity index (χ4v) is 1.60. The number of nitrogens with zero attached hydrogens (tertiary/aromatic N) is 2. The van der Waals surface area contributed by atoms with Crippen LogP contribution in [0.1, 0.15) is 52.0 Å². The minimum Gasteiger partial charge on any atom is -0.444 e. The highest BCUT2D eigenvalue weighted by Crippen LogP contribution is 2.18. The number of methoxy groups -OCH3 is 1. The SMILES string of the molecule is CC[C@H](NC(=O)OC(C)(C)C)C(O)c1nnc(COC)o1. The van der Waals surface area contributed by atoms with Gasteiger partial charge in [0.15, 0.2) is 6.10 Å². The Morgan fingerprint density at radius 2 is 2.10 bits per heavy atom. The molecule has 2 N–H and O–H groups in total. The zero-order valence-electron chi connectivity index (χ0n) is 13.0. The van der Waals surface area contributed by atoms with Crippen LogP contribution in [0.15, 0.2) is 4.42 Å². The molecule has 0 radical (unpaired) electrons. The summed E-state index contributed by atoms with van der Waals surface area (Å²) in [5.74, 6) is 0.295. The van der Waals surface area contributed by atoms with Crippen LogP contribution < -0.4 is 5.32 Å². The second-order valence-corrected chi connectivity index (χ2v) is 5.57. The van der Waals surface area contributed by atoms with Crippen LogP contribution in [0.4, 0.5) is 4.79 Å². The first-order valence-corrected chi connectivity index (χ1v) is 6.75. The van der Waals surface area contributed by atoms with Crippen LogP contribution in [0.2, 0.25) is 0 Å². The summed E-state index contributed by atoms with van der Waals surface area (Å²) in [6, 6.07) is -0.587. The molecule has 0 aliphatic carbocycles. The molecule has 0 aliphatic heterocycles. The topological polar surface area (TPSA) is 107 Å². The van der Waals surface area contributed by atoms with Crippen LogP contribution in [0.5, 0.6) is 0 Å². The van der Waals surface area contributed by atoms with Gasteiger partial charge >= 0.3 is 6.09 Å². The first kappa shape index (κ1) is 17.4. The van der Waals surface area contributed by atoms with Crippen molar-refractivity contribution in [3.63, 3.8) is 0 Å². The highest BCUT2D eigenvalue weighted by atomic mass is 16.6. The lowest BCUT2D eigenvalue weighted by molar-refractivity contribution is 0.0379. The molecular formula is C13H23N3O5. The first-order chi connectivity index (χ1) is 9.76. The molecule has 0 fully saturated rings. The van der Waals surface area contributed by atoms with Crippen molar-refractivity contribution < 1.29 is 23.8 Å². The molecule has 120 valence electrons. The van der Waals surface area contributed by atoms with E-state index < -0.39 is 23.8 Å². The maximum atomic E-state index is 11.7. The summed E-state index contributed by atoms with van der Waals surface area (Å²) in [4.78, 5) is 11.7. The van der Waals surface area contributed by atoms with E-state index in [0.29, 0.717) is 6.42 Å². The zero-order chi connectivity index (χ0) is 16.0. The molecular weight excluding hydrogens is 278 g/mol. The minimum atomic E-state index is -1.11. The largest absolute Gasteiger partial charge is 0.444 e. The number of carbonyl (C=O) groups is 1. The van der Waals surface area contributed by atoms with Gasteiger partial charge in [0.1, 0.15) is 12.2 Å². The fourth-order valence-electron chi connectivity index (χ4n) is 1.60. The average Bonchev–Trinajstić information content (AvgIpc) is 2.82. The maximum Gasteiger partial charge on any atom is 0.407 e. The summed E-state index contributed by atoms with van der Waals surface area (Å²) in [5.41, 5.74) is -0.608. The highest BCUT2D eigenvalue weighted by molar-refractivity contribution is 5.68. The van der Waals surface area contributed by atoms with Crippen molar-refractivity contribution >= 4 is 6.09 Å². The van der Waals surface area contributed by atoms with E-state index in [1.54, 1.807) is 20.8 Å². The van der Waals surface area contributed by atoms with Gasteiger partial charge in [-0.05, 0) is 27.2 Å². The van der Waals surface area contributed by atoms with Crippen LogP contribution in [0, 0.1) is 0 Å². The smallest absolute Gasteiger partial charge is 0.407 e. The molecule has 0 bridgehead atoms. The summed E-state index contributed by atoms with van der Waals surface area (Å²) in [7, 11) is 1.50. The number of alkyl carbamates (subject to hydrolysis) is 1. The van der Waals surface area contributed by atoms with E-state index in [9.17, 15) is 9.90 Å². The zero-order valence-corrected chi connectivity index (χ0v) is 13.0. The molecule has 1 heterocycles. The molecule has 0 spiro atoms. The lowest BCUT2D eigenvalue weighted by Gasteiger charge is -2.24. The van der Waals surface area contributed by atoms with E-state index in [1.807, 2.05) is 6.92 Å². The van der Waals surface area contributed by atoms with Gasteiger partial charge in [0.2, 0.25) is 11.8 Å². The Morgan fingerprint density at radius 1 is 1.43 bits per heavy atom. The molecule has 21 heavy (non-hydrogen) atoms. The van der Waals surface area contributed by atoms with Gasteiger partial charge < -0.3 is 24.3 Å². The predicted octanol–water partition coefficient (Wildman–Crippen LogP) is 1.55. The minimum absolute atomic E-state index is 0.0324. The molecule has 1 aromatic heterocycles. The standard InChI is InChI=1S/C13H23N3O5/c1-6-8(14-12(18)21-13(2,3)4)10(17)11-16-15-9(20-11)7-19-5/h8,10,17H,6-7H2,1-5H3,(H,14,18)/t8-,10?/m0/s1. The molecule has 1 rings (SSSR count). The molecule has 8 heteroatoms. The number of hydrogen-bond acceptors (Lipinski definition) is 7. The first-order valence-electron chi connectivity index (χ1n) is 6.75. The van der Waals surface area contributed by atoms with Crippen LogP contribution in [-0.4, -0.2) is 40.1 Å². The molecule has 0 aliphatic rings. The van der Waals surface area contributed by atoms with Crippen LogP contribution in [0.25, 0.3) is 0 Å². The normalized spacial score (nSPS) is 14.6. The quantitative estimate of drug-likeness (QED) is 0.820. The number of aromatic nitrogens is 2. The van der Waals surface area contributed by atoms with E-state index >= 15 is 0 Å². The van der Waals surface area contributed by atoms with E-state index in [4.69, 9.17) is 13.9 Å². The summed E-state index contributed by atoms with van der Waals surface area (Å²) < 4.78 is 15.3. The lowest BCUT2D eigenvalue weighted by Crippen LogP contribution is -2.42. The van der Waals surface area contributed by atoms with Gasteiger partial charge in [-0.2, -0.15) is 0 Å². The van der Waals surface area contributed by atoms with E-state index in [0.717, 1.165) is 0 Å². The van der Waals surface area contributed by atoms with Crippen molar-refractivity contribution in [3.8, 4) is 0 Å². The Morgan fingerprint density at radius 3 is 2.62 bits per heavy atom. The number of amides is 1. The third-order valence-corrected chi connectivity index (χ3v) is 2.53. The van der Waals surface area contributed by atoms with E-state index in [2.05, 4.69) is 15.5 Å². The second-order valence-electron chi connectivity index (χ2n) is 5.57. The Bertz CT molecular complexity index is 455. The Balaban J connectivity index is 2.67. The van der Waals surface area contributed by atoms with Gasteiger partial charge in [0, 0.05) is 7.11 Å². The third-order valence-electron chi connectivity index (χ3n) is 2.53. The highest BCUT2D eigenvalue weighted by Gasteiger charge is 2.28. The predicted molar refractivity (Wildman–Crippen MR) is 73.4 cm³/mol. The monoisotopic (exact) mass is 301 g/mol. The number of carbonyl (C=O) groups excluding carboxylic acids is 1. The number of rotatable bonds is 6. The van der Waals surface area contributed by atoms with Crippen molar-refractivity contribution in [2.24, 2.45) is 0 Å². The Labute approximate surface area is 123 Å². The van der Waals surface area contributed by atoms with Crippen molar-refractivity contribution in [2.75, 3.05) is 7.11 Å². The molecule has 1 amide bonds. The van der Waals surface area contributed by atoms with Crippen LogP contribution >= 0.6 is 0 Å². The van der Waals surface area contributed by atoms with Crippen molar-refractivity contribution in [2.45, 2.75) is 58.5 Å².